The van der Waals surface area contributed by atoms with Crippen LogP contribution >= 0.6 is 12.2 Å². The topological polar surface area (TPSA) is 88.7 Å². The first-order valence-electron chi connectivity index (χ1n) is 11.7. The molecule has 2 aromatic carbocycles. The lowest BCUT2D eigenvalue weighted by atomic mass is 10.0. The Morgan fingerprint density at radius 3 is 2.12 bits per heavy atom. The van der Waals surface area contributed by atoms with E-state index in [2.05, 4.69) is 36.9 Å². The van der Waals surface area contributed by atoms with Crippen molar-refractivity contribution in [2.45, 2.75) is 58.8 Å². The van der Waals surface area contributed by atoms with E-state index in [4.69, 9.17) is 21.7 Å². The maximum absolute atomic E-state index is 12.3. The molecule has 184 valence electrons. The van der Waals surface area contributed by atoms with Crippen LogP contribution in [0.5, 0.6) is 11.5 Å². The average Bonchev–Trinajstić information content (AvgIpc) is 2.84. The molecule has 0 heterocycles. The van der Waals surface area contributed by atoms with Gasteiger partial charge in [0.1, 0.15) is 11.5 Å². The summed E-state index contributed by atoms with van der Waals surface area (Å²) in [5.41, 5.74) is 6.52. The number of hydrazine groups is 1. The molecule has 0 aromatic heterocycles. The number of carbonyl (C=O) groups is 2. The number of thiocarbonyl (C=S) groups is 1. The lowest BCUT2D eigenvalue weighted by Crippen LogP contribution is -2.49. The minimum absolute atomic E-state index is 0.0213. The summed E-state index contributed by atoms with van der Waals surface area (Å²) in [6.07, 6.45) is 5.88. The maximum atomic E-state index is 12.3. The second-order valence-corrected chi connectivity index (χ2v) is 8.66. The number of rotatable bonds is 12. The van der Waals surface area contributed by atoms with Gasteiger partial charge in [0.05, 0.1) is 6.61 Å². The summed E-state index contributed by atoms with van der Waals surface area (Å²) in [7, 11) is 0. The van der Waals surface area contributed by atoms with Crippen molar-refractivity contribution in [1.82, 2.24) is 16.2 Å². The highest BCUT2D eigenvalue weighted by molar-refractivity contribution is 7.80. The number of hydrogen-bond donors (Lipinski definition) is 3. The van der Waals surface area contributed by atoms with Crippen molar-refractivity contribution in [2.75, 3.05) is 13.2 Å². The molecule has 0 spiro atoms. The van der Waals surface area contributed by atoms with E-state index in [0.717, 1.165) is 18.6 Å². The van der Waals surface area contributed by atoms with E-state index in [1.54, 1.807) is 24.3 Å². The number of benzene rings is 2. The van der Waals surface area contributed by atoms with Crippen molar-refractivity contribution in [3.05, 3.63) is 59.7 Å². The fourth-order valence-electron chi connectivity index (χ4n) is 3.07. The van der Waals surface area contributed by atoms with Gasteiger partial charge in [0.2, 0.25) is 0 Å². The summed E-state index contributed by atoms with van der Waals surface area (Å²) < 4.78 is 11.2. The largest absolute Gasteiger partial charge is 0.494 e. The Bertz CT molecular complexity index is 915. The van der Waals surface area contributed by atoms with E-state index in [-0.39, 0.29) is 17.6 Å². The van der Waals surface area contributed by atoms with Gasteiger partial charge in [-0.2, -0.15) is 0 Å². The molecule has 2 amide bonds. The van der Waals surface area contributed by atoms with Crippen LogP contribution in [0.3, 0.4) is 0 Å². The van der Waals surface area contributed by atoms with Crippen LogP contribution in [-0.2, 0) is 4.79 Å². The van der Waals surface area contributed by atoms with Gasteiger partial charge >= 0.3 is 0 Å². The van der Waals surface area contributed by atoms with Gasteiger partial charge in [0, 0.05) is 5.56 Å². The maximum Gasteiger partial charge on any atom is 0.276 e. The van der Waals surface area contributed by atoms with Gasteiger partial charge in [-0.1, -0.05) is 58.6 Å². The minimum atomic E-state index is -0.430. The molecule has 8 heteroatoms. The highest BCUT2D eigenvalue weighted by atomic mass is 32.1. The number of hydrogen-bond acceptors (Lipinski definition) is 5. The van der Waals surface area contributed by atoms with Crippen LogP contribution in [0.15, 0.2) is 48.5 Å². The molecule has 3 N–H and O–H groups in total. The molecule has 0 saturated heterocycles. The Hall–Kier alpha value is -3.13. The van der Waals surface area contributed by atoms with Crippen molar-refractivity contribution in [2.24, 2.45) is 0 Å². The Kier molecular flexibility index (Phi) is 11.9. The molecule has 2 rings (SSSR count). The lowest BCUT2D eigenvalue weighted by molar-refractivity contribution is -0.123. The highest BCUT2D eigenvalue weighted by Crippen LogP contribution is 2.18. The lowest BCUT2D eigenvalue weighted by Gasteiger charge is -2.12. The number of carbonyl (C=O) groups excluding carboxylic acids is 2. The molecule has 0 aliphatic rings. The second-order valence-electron chi connectivity index (χ2n) is 8.26. The zero-order valence-electron chi connectivity index (χ0n) is 20.2. The van der Waals surface area contributed by atoms with Crippen molar-refractivity contribution < 1.29 is 19.1 Å². The van der Waals surface area contributed by atoms with E-state index < -0.39 is 5.91 Å². The predicted molar refractivity (Wildman–Crippen MR) is 138 cm³/mol. The summed E-state index contributed by atoms with van der Waals surface area (Å²) in [5.74, 6) is 0.924. The van der Waals surface area contributed by atoms with Crippen LogP contribution in [0.1, 0.15) is 74.7 Å². The summed E-state index contributed by atoms with van der Waals surface area (Å²) in [4.78, 5) is 24.3. The molecule has 7 nitrogen and oxygen atoms in total. The number of ether oxygens (including phenoxy) is 2. The van der Waals surface area contributed by atoms with Gasteiger partial charge in [-0.3, -0.25) is 25.8 Å². The van der Waals surface area contributed by atoms with Crippen molar-refractivity contribution in [3.63, 3.8) is 0 Å². The molecule has 0 unspecified atom stereocenters. The quantitative estimate of drug-likeness (QED) is 0.226. The third-order valence-electron chi connectivity index (χ3n) is 5.09. The standard InChI is InChI=1S/C26H35N3O4S/c1-4-5-6-7-8-17-32-22-15-11-21(12-16-22)25(31)27-26(34)29-28-24(30)18-33-23-13-9-20(10-14-23)19(2)3/h9-16,19H,4-8,17-18H2,1-3H3,(H,28,30)(H2,27,29,31,34). The van der Waals surface area contributed by atoms with Crippen LogP contribution in [0, 0.1) is 0 Å². The van der Waals surface area contributed by atoms with Crippen LogP contribution in [0.4, 0.5) is 0 Å². The van der Waals surface area contributed by atoms with Gasteiger partial charge in [-0.25, -0.2) is 0 Å². The van der Waals surface area contributed by atoms with Crippen molar-refractivity contribution in [3.8, 4) is 11.5 Å². The number of nitrogens with one attached hydrogen (secondary N) is 3. The molecule has 0 aliphatic heterocycles. The third-order valence-corrected chi connectivity index (χ3v) is 5.30. The fraction of sp³-hybridized carbons (Fsp3) is 0.423. The fourth-order valence-corrected chi connectivity index (χ4v) is 3.21. The van der Waals surface area contributed by atoms with E-state index in [1.807, 2.05) is 24.3 Å². The Balaban J connectivity index is 1.65. The van der Waals surface area contributed by atoms with Gasteiger partial charge in [-0.05, 0) is 66.5 Å². The van der Waals surface area contributed by atoms with E-state index >= 15 is 0 Å². The van der Waals surface area contributed by atoms with Crippen molar-refractivity contribution in [1.29, 1.82) is 0 Å². The number of unbranched alkanes of at least 4 members (excludes halogenated alkanes) is 4. The van der Waals surface area contributed by atoms with Crippen molar-refractivity contribution >= 4 is 29.1 Å². The summed E-state index contributed by atoms with van der Waals surface area (Å²) in [6.45, 7) is 6.88. The summed E-state index contributed by atoms with van der Waals surface area (Å²) >= 11 is 5.07. The molecule has 0 saturated carbocycles. The SMILES string of the molecule is CCCCCCCOc1ccc(C(=O)NC(=S)NNC(=O)COc2ccc(C(C)C)cc2)cc1. The third kappa shape index (κ3) is 10.2. The van der Waals surface area contributed by atoms with Gasteiger partial charge in [0.15, 0.2) is 11.7 Å². The second kappa shape index (κ2) is 14.9. The Morgan fingerprint density at radius 1 is 0.853 bits per heavy atom. The van der Waals surface area contributed by atoms with Crippen LogP contribution in [-0.4, -0.2) is 30.1 Å². The smallest absolute Gasteiger partial charge is 0.276 e. The zero-order chi connectivity index (χ0) is 24.8. The Labute approximate surface area is 207 Å². The van der Waals surface area contributed by atoms with Crippen LogP contribution < -0.4 is 25.6 Å². The normalized spacial score (nSPS) is 10.5. The molecule has 0 fully saturated rings. The molecule has 0 radical (unpaired) electrons. The summed E-state index contributed by atoms with van der Waals surface area (Å²) in [6, 6.07) is 14.4. The Morgan fingerprint density at radius 2 is 1.47 bits per heavy atom. The van der Waals surface area contributed by atoms with Gasteiger partial charge in [-0.15, -0.1) is 0 Å². The first kappa shape index (κ1) is 27.1. The molecule has 0 aliphatic carbocycles. The molecule has 0 atom stereocenters. The van der Waals surface area contributed by atoms with Gasteiger partial charge < -0.3 is 9.47 Å². The molecular formula is C26H35N3O4S. The number of amides is 2. The molecule has 0 bridgehead atoms. The van der Waals surface area contributed by atoms with E-state index in [1.165, 1.54) is 24.8 Å². The zero-order valence-corrected chi connectivity index (χ0v) is 21.0. The highest BCUT2D eigenvalue weighted by Gasteiger charge is 2.09. The first-order valence-corrected chi connectivity index (χ1v) is 12.2. The average molecular weight is 486 g/mol. The molecular weight excluding hydrogens is 450 g/mol. The van der Waals surface area contributed by atoms with E-state index in [0.29, 0.717) is 23.8 Å². The predicted octanol–water partition coefficient (Wildman–Crippen LogP) is 4.87. The molecule has 34 heavy (non-hydrogen) atoms. The monoisotopic (exact) mass is 485 g/mol. The molecule has 2 aromatic rings. The van der Waals surface area contributed by atoms with Crippen LogP contribution in [0.2, 0.25) is 0 Å². The first-order chi connectivity index (χ1) is 16.4. The minimum Gasteiger partial charge on any atom is -0.494 e. The summed E-state index contributed by atoms with van der Waals surface area (Å²) in [5, 5.41) is 2.50. The van der Waals surface area contributed by atoms with Gasteiger partial charge in [0.25, 0.3) is 11.8 Å². The van der Waals surface area contributed by atoms with E-state index in [9.17, 15) is 9.59 Å². The van der Waals surface area contributed by atoms with Crippen LogP contribution in [0.25, 0.3) is 0 Å².